The van der Waals surface area contributed by atoms with Crippen LogP contribution < -0.4 is 15.2 Å². The van der Waals surface area contributed by atoms with Crippen LogP contribution >= 0.6 is 0 Å². The highest BCUT2D eigenvalue weighted by Crippen LogP contribution is 2.33. The highest BCUT2D eigenvalue weighted by molar-refractivity contribution is 7.87. The SMILES string of the molecule is CCC1CCC(CN)(NS(=O)(=O)NC(C)(C)C)CC1. The quantitative estimate of drug-likeness (QED) is 0.718. The van der Waals surface area contributed by atoms with Crippen molar-refractivity contribution < 1.29 is 8.42 Å². The molecule has 0 aromatic rings. The van der Waals surface area contributed by atoms with Crippen molar-refractivity contribution in [2.75, 3.05) is 6.54 Å². The zero-order valence-electron chi connectivity index (χ0n) is 12.6. The summed E-state index contributed by atoms with van der Waals surface area (Å²) in [4.78, 5) is 0. The second kappa shape index (κ2) is 6.08. The van der Waals surface area contributed by atoms with Crippen molar-refractivity contribution in [3.63, 3.8) is 0 Å². The lowest BCUT2D eigenvalue weighted by molar-refractivity contribution is 0.216. The number of hydrogen-bond acceptors (Lipinski definition) is 3. The van der Waals surface area contributed by atoms with Crippen molar-refractivity contribution in [2.24, 2.45) is 11.7 Å². The molecular formula is C13H29N3O2S. The average molecular weight is 291 g/mol. The predicted octanol–water partition coefficient (Wildman–Crippen LogP) is 1.51. The van der Waals surface area contributed by atoms with Gasteiger partial charge in [0.2, 0.25) is 0 Å². The molecule has 0 spiro atoms. The molecular weight excluding hydrogens is 262 g/mol. The molecule has 114 valence electrons. The molecule has 0 atom stereocenters. The first-order chi connectivity index (χ1) is 8.61. The maximum Gasteiger partial charge on any atom is 0.277 e. The van der Waals surface area contributed by atoms with E-state index in [-0.39, 0.29) is 0 Å². The van der Waals surface area contributed by atoms with E-state index in [1.165, 1.54) is 0 Å². The average Bonchev–Trinajstić information content (AvgIpc) is 2.26. The summed E-state index contributed by atoms with van der Waals surface area (Å²) in [7, 11) is -3.51. The lowest BCUT2D eigenvalue weighted by atomic mass is 9.76. The molecule has 6 heteroatoms. The molecule has 1 aliphatic carbocycles. The smallest absolute Gasteiger partial charge is 0.277 e. The van der Waals surface area contributed by atoms with E-state index in [9.17, 15) is 8.42 Å². The molecule has 1 aliphatic rings. The Kier molecular flexibility index (Phi) is 5.40. The topological polar surface area (TPSA) is 84.2 Å². The standard InChI is InChI=1S/C13H29N3O2S/c1-5-11-6-8-13(10-14,9-7-11)16-19(17,18)15-12(2,3)4/h11,15-16H,5-10,14H2,1-4H3. The number of nitrogens with one attached hydrogen (secondary N) is 2. The van der Waals surface area contributed by atoms with Crippen molar-refractivity contribution >= 4 is 10.2 Å². The molecule has 0 saturated heterocycles. The highest BCUT2D eigenvalue weighted by atomic mass is 32.2. The summed E-state index contributed by atoms with van der Waals surface area (Å²) in [5.41, 5.74) is 4.89. The molecule has 0 aromatic carbocycles. The van der Waals surface area contributed by atoms with E-state index in [0.717, 1.165) is 32.1 Å². The fourth-order valence-corrected chi connectivity index (χ4v) is 4.41. The van der Waals surface area contributed by atoms with Crippen LogP contribution in [0.25, 0.3) is 0 Å². The molecule has 1 rings (SSSR count). The molecule has 5 nitrogen and oxygen atoms in total. The Bertz CT molecular complexity index is 379. The molecule has 0 bridgehead atoms. The fraction of sp³-hybridized carbons (Fsp3) is 1.00. The summed E-state index contributed by atoms with van der Waals surface area (Å²) in [5.74, 6) is 0.708. The van der Waals surface area contributed by atoms with E-state index in [1.54, 1.807) is 0 Å². The van der Waals surface area contributed by atoms with Crippen molar-refractivity contribution in [3.05, 3.63) is 0 Å². The zero-order chi connectivity index (χ0) is 14.7. The second-order valence-corrected chi connectivity index (χ2v) is 8.21. The Morgan fingerprint density at radius 1 is 1.26 bits per heavy atom. The minimum absolute atomic E-state index is 0.356. The first-order valence-corrected chi connectivity index (χ1v) is 8.63. The van der Waals surface area contributed by atoms with E-state index >= 15 is 0 Å². The van der Waals surface area contributed by atoms with Gasteiger partial charge in [0, 0.05) is 17.6 Å². The Labute approximate surface area is 117 Å². The summed E-state index contributed by atoms with van der Waals surface area (Å²) >= 11 is 0. The van der Waals surface area contributed by atoms with Crippen LogP contribution in [-0.4, -0.2) is 26.0 Å². The van der Waals surface area contributed by atoms with Crippen molar-refractivity contribution in [2.45, 2.75) is 70.9 Å². The van der Waals surface area contributed by atoms with E-state index in [4.69, 9.17) is 5.73 Å². The minimum atomic E-state index is -3.51. The molecule has 0 aromatic heterocycles. The first-order valence-electron chi connectivity index (χ1n) is 7.14. The summed E-state index contributed by atoms with van der Waals surface area (Å²) in [5, 5.41) is 0. The number of rotatable bonds is 5. The molecule has 1 saturated carbocycles. The Hall–Kier alpha value is -0.170. The Balaban J connectivity index is 2.72. The van der Waals surface area contributed by atoms with E-state index < -0.39 is 21.3 Å². The second-order valence-electron chi connectivity index (χ2n) is 6.79. The van der Waals surface area contributed by atoms with Crippen LogP contribution in [-0.2, 0) is 10.2 Å². The molecule has 0 heterocycles. The Morgan fingerprint density at radius 3 is 2.16 bits per heavy atom. The maximum absolute atomic E-state index is 12.2. The van der Waals surface area contributed by atoms with Crippen LogP contribution in [0, 0.1) is 5.92 Å². The third kappa shape index (κ3) is 5.38. The van der Waals surface area contributed by atoms with E-state index in [1.807, 2.05) is 20.8 Å². The molecule has 0 unspecified atom stereocenters. The van der Waals surface area contributed by atoms with Crippen LogP contribution in [0.15, 0.2) is 0 Å². The predicted molar refractivity (Wildman–Crippen MR) is 79.0 cm³/mol. The van der Waals surface area contributed by atoms with Crippen molar-refractivity contribution in [1.29, 1.82) is 0 Å². The van der Waals surface area contributed by atoms with Gasteiger partial charge in [-0.25, -0.2) is 0 Å². The van der Waals surface area contributed by atoms with Gasteiger partial charge in [0.25, 0.3) is 10.2 Å². The van der Waals surface area contributed by atoms with Gasteiger partial charge in [0.15, 0.2) is 0 Å². The molecule has 1 fully saturated rings. The van der Waals surface area contributed by atoms with Crippen LogP contribution in [0.1, 0.15) is 59.8 Å². The van der Waals surface area contributed by atoms with Gasteiger partial charge in [-0.2, -0.15) is 17.9 Å². The van der Waals surface area contributed by atoms with Crippen LogP contribution in [0.5, 0.6) is 0 Å². The summed E-state index contributed by atoms with van der Waals surface area (Å²) in [6.07, 6.45) is 4.91. The summed E-state index contributed by atoms with van der Waals surface area (Å²) in [6, 6.07) is 0. The third-order valence-corrected chi connectivity index (χ3v) is 5.40. The lowest BCUT2D eigenvalue weighted by Crippen LogP contribution is -2.60. The van der Waals surface area contributed by atoms with Crippen molar-refractivity contribution in [3.8, 4) is 0 Å². The molecule has 0 amide bonds. The van der Waals surface area contributed by atoms with Gasteiger partial charge in [-0.3, -0.25) is 0 Å². The van der Waals surface area contributed by atoms with Gasteiger partial charge in [-0.05, 0) is 52.4 Å². The third-order valence-electron chi connectivity index (χ3n) is 3.82. The van der Waals surface area contributed by atoms with Gasteiger partial charge in [-0.1, -0.05) is 13.3 Å². The number of nitrogens with two attached hydrogens (primary N) is 1. The summed E-state index contributed by atoms with van der Waals surface area (Å²) in [6.45, 7) is 8.03. The molecule has 4 N–H and O–H groups in total. The monoisotopic (exact) mass is 291 g/mol. The first kappa shape index (κ1) is 16.9. The fourth-order valence-electron chi connectivity index (χ4n) is 2.70. The largest absolute Gasteiger partial charge is 0.329 e. The van der Waals surface area contributed by atoms with E-state index in [0.29, 0.717) is 12.5 Å². The van der Waals surface area contributed by atoms with Crippen molar-refractivity contribution in [1.82, 2.24) is 9.44 Å². The highest BCUT2D eigenvalue weighted by Gasteiger charge is 2.37. The molecule has 19 heavy (non-hydrogen) atoms. The van der Waals surface area contributed by atoms with Gasteiger partial charge < -0.3 is 5.73 Å². The van der Waals surface area contributed by atoms with Gasteiger partial charge in [-0.15, -0.1) is 0 Å². The zero-order valence-corrected chi connectivity index (χ0v) is 13.4. The lowest BCUT2D eigenvalue weighted by Gasteiger charge is -2.40. The maximum atomic E-state index is 12.2. The number of hydrogen-bond donors (Lipinski definition) is 3. The molecule has 0 radical (unpaired) electrons. The summed E-state index contributed by atoms with van der Waals surface area (Å²) < 4.78 is 29.7. The van der Waals surface area contributed by atoms with Crippen LogP contribution in [0.4, 0.5) is 0 Å². The van der Waals surface area contributed by atoms with Crippen LogP contribution in [0.2, 0.25) is 0 Å². The van der Waals surface area contributed by atoms with Crippen LogP contribution in [0.3, 0.4) is 0 Å². The van der Waals surface area contributed by atoms with Gasteiger partial charge in [0.1, 0.15) is 0 Å². The normalized spacial score (nSPS) is 29.4. The van der Waals surface area contributed by atoms with E-state index in [2.05, 4.69) is 16.4 Å². The molecule has 0 aliphatic heterocycles. The minimum Gasteiger partial charge on any atom is -0.329 e. The Morgan fingerprint density at radius 2 is 1.79 bits per heavy atom. The van der Waals surface area contributed by atoms with Gasteiger partial charge in [0.05, 0.1) is 0 Å². The van der Waals surface area contributed by atoms with Gasteiger partial charge >= 0.3 is 0 Å².